The van der Waals surface area contributed by atoms with Crippen LogP contribution in [0, 0.1) is 0 Å². The van der Waals surface area contributed by atoms with Crippen molar-refractivity contribution in [3.8, 4) is 0 Å². The lowest BCUT2D eigenvalue weighted by Crippen LogP contribution is -2.10. The molecular weight excluding hydrogens is 142 g/mol. The largest absolute Gasteiger partial charge is 0.511 e. The third-order valence-electron chi connectivity index (χ3n) is 1.80. The molecule has 0 radical (unpaired) electrons. The molecule has 0 spiro atoms. The SMILES string of the molecule is O=C1CN=C2C=CCC(O)=C12. The van der Waals surface area contributed by atoms with E-state index in [1.54, 1.807) is 12.2 Å². The number of rotatable bonds is 0. The minimum Gasteiger partial charge on any atom is -0.511 e. The Morgan fingerprint density at radius 2 is 2.36 bits per heavy atom. The highest BCUT2D eigenvalue weighted by Gasteiger charge is 2.25. The van der Waals surface area contributed by atoms with Crippen molar-refractivity contribution in [1.29, 1.82) is 0 Å². The molecule has 0 aromatic rings. The minimum atomic E-state index is -0.0677. The Labute approximate surface area is 63.8 Å². The van der Waals surface area contributed by atoms with Crippen LogP contribution in [0.2, 0.25) is 0 Å². The zero-order valence-corrected chi connectivity index (χ0v) is 5.87. The minimum absolute atomic E-state index is 0.0677. The first-order chi connectivity index (χ1) is 5.29. The third-order valence-corrected chi connectivity index (χ3v) is 1.80. The Kier molecular flexibility index (Phi) is 1.18. The summed E-state index contributed by atoms with van der Waals surface area (Å²) >= 11 is 0. The molecule has 11 heavy (non-hydrogen) atoms. The summed E-state index contributed by atoms with van der Waals surface area (Å²) in [5.74, 6) is 0.0931. The van der Waals surface area contributed by atoms with E-state index in [2.05, 4.69) is 4.99 Å². The molecule has 2 rings (SSSR count). The quantitative estimate of drug-likeness (QED) is 0.553. The maximum atomic E-state index is 11.1. The molecule has 0 amide bonds. The lowest BCUT2D eigenvalue weighted by molar-refractivity contribution is -0.113. The normalized spacial score (nSPS) is 22.2. The molecular formula is C8H7NO2. The smallest absolute Gasteiger partial charge is 0.189 e. The predicted molar refractivity (Wildman–Crippen MR) is 40.7 cm³/mol. The molecule has 2 aliphatic rings. The summed E-state index contributed by atoms with van der Waals surface area (Å²) < 4.78 is 0. The lowest BCUT2D eigenvalue weighted by Gasteiger charge is -2.05. The molecule has 0 unspecified atom stereocenters. The summed E-state index contributed by atoms with van der Waals surface area (Å²) in [7, 11) is 0. The molecule has 1 N–H and O–H groups in total. The van der Waals surface area contributed by atoms with Gasteiger partial charge in [0.2, 0.25) is 0 Å². The van der Waals surface area contributed by atoms with Gasteiger partial charge in [0.1, 0.15) is 12.3 Å². The summed E-state index contributed by atoms with van der Waals surface area (Å²) in [4.78, 5) is 15.0. The van der Waals surface area contributed by atoms with Crippen molar-refractivity contribution in [3.05, 3.63) is 23.5 Å². The van der Waals surface area contributed by atoms with Crippen molar-refractivity contribution >= 4 is 11.5 Å². The third kappa shape index (κ3) is 0.808. The van der Waals surface area contributed by atoms with E-state index in [0.29, 0.717) is 17.7 Å². The number of carbonyl (C=O) groups is 1. The second kappa shape index (κ2) is 2.05. The second-order valence-corrected chi connectivity index (χ2v) is 2.55. The van der Waals surface area contributed by atoms with Gasteiger partial charge in [0, 0.05) is 6.42 Å². The first-order valence-corrected chi connectivity index (χ1v) is 3.45. The van der Waals surface area contributed by atoms with Crippen LogP contribution in [-0.4, -0.2) is 23.1 Å². The zero-order chi connectivity index (χ0) is 7.84. The number of aliphatic hydroxyl groups excluding tert-OH is 1. The molecule has 1 heterocycles. The molecule has 0 saturated heterocycles. The van der Waals surface area contributed by atoms with Crippen LogP contribution in [0.3, 0.4) is 0 Å². The van der Waals surface area contributed by atoms with Gasteiger partial charge < -0.3 is 5.11 Å². The Bertz CT molecular complexity index is 310. The number of aliphatic imine (C=N–C) groups is 1. The molecule has 0 aromatic heterocycles. The number of Topliss-reactive ketones (excluding diaryl/α,β-unsaturated/α-hetero) is 1. The lowest BCUT2D eigenvalue weighted by atomic mass is 10.0. The Balaban J connectivity index is 2.52. The van der Waals surface area contributed by atoms with Crippen molar-refractivity contribution in [1.82, 2.24) is 0 Å². The molecule has 0 atom stereocenters. The average Bonchev–Trinajstić information content (AvgIpc) is 2.34. The van der Waals surface area contributed by atoms with Crippen molar-refractivity contribution in [2.75, 3.05) is 6.54 Å². The molecule has 0 fully saturated rings. The number of ketones is 1. The molecule has 0 aromatic carbocycles. The average molecular weight is 149 g/mol. The summed E-state index contributed by atoms with van der Waals surface area (Å²) in [5.41, 5.74) is 1.06. The van der Waals surface area contributed by atoms with E-state index in [9.17, 15) is 9.90 Å². The van der Waals surface area contributed by atoms with E-state index < -0.39 is 0 Å². The fourth-order valence-electron chi connectivity index (χ4n) is 1.29. The van der Waals surface area contributed by atoms with E-state index in [-0.39, 0.29) is 18.1 Å². The summed E-state index contributed by atoms with van der Waals surface area (Å²) in [6.07, 6.45) is 4.04. The van der Waals surface area contributed by atoms with Gasteiger partial charge in [0.15, 0.2) is 5.78 Å². The molecule has 56 valence electrons. The van der Waals surface area contributed by atoms with E-state index in [0.717, 1.165) is 0 Å². The number of nitrogens with zero attached hydrogens (tertiary/aromatic N) is 1. The van der Waals surface area contributed by atoms with Crippen molar-refractivity contribution in [2.45, 2.75) is 6.42 Å². The number of hydrogen-bond acceptors (Lipinski definition) is 3. The van der Waals surface area contributed by atoms with Gasteiger partial charge in [-0.2, -0.15) is 0 Å². The Hall–Kier alpha value is -1.38. The van der Waals surface area contributed by atoms with Gasteiger partial charge in [-0.05, 0) is 6.08 Å². The van der Waals surface area contributed by atoms with E-state index in [4.69, 9.17) is 0 Å². The van der Waals surface area contributed by atoms with Gasteiger partial charge in [0.25, 0.3) is 0 Å². The summed E-state index contributed by atoms with van der Waals surface area (Å²) in [6.45, 7) is 0.194. The second-order valence-electron chi connectivity index (χ2n) is 2.55. The maximum absolute atomic E-state index is 11.1. The first kappa shape index (κ1) is 6.34. The van der Waals surface area contributed by atoms with Crippen LogP contribution in [0.5, 0.6) is 0 Å². The number of allylic oxidation sites excluding steroid dienone is 2. The highest BCUT2D eigenvalue weighted by atomic mass is 16.3. The molecule has 1 aliphatic heterocycles. The van der Waals surface area contributed by atoms with E-state index >= 15 is 0 Å². The van der Waals surface area contributed by atoms with Crippen LogP contribution in [0.4, 0.5) is 0 Å². The van der Waals surface area contributed by atoms with Crippen molar-refractivity contribution in [2.24, 2.45) is 4.99 Å². The fraction of sp³-hybridized carbons (Fsp3) is 0.250. The number of carbonyl (C=O) groups excluding carboxylic acids is 1. The molecule has 0 saturated carbocycles. The van der Waals surface area contributed by atoms with Crippen LogP contribution >= 0.6 is 0 Å². The van der Waals surface area contributed by atoms with Crippen LogP contribution < -0.4 is 0 Å². The molecule has 1 aliphatic carbocycles. The van der Waals surface area contributed by atoms with E-state index in [1.165, 1.54) is 0 Å². The van der Waals surface area contributed by atoms with Crippen molar-refractivity contribution < 1.29 is 9.90 Å². The van der Waals surface area contributed by atoms with Crippen LogP contribution in [0.25, 0.3) is 0 Å². The maximum Gasteiger partial charge on any atom is 0.189 e. The topological polar surface area (TPSA) is 49.7 Å². The van der Waals surface area contributed by atoms with Gasteiger partial charge >= 0.3 is 0 Å². The molecule has 3 nitrogen and oxygen atoms in total. The van der Waals surface area contributed by atoms with Gasteiger partial charge in [0.05, 0.1) is 11.3 Å². The monoisotopic (exact) mass is 149 g/mol. The number of aliphatic hydroxyl groups is 1. The van der Waals surface area contributed by atoms with Crippen molar-refractivity contribution in [3.63, 3.8) is 0 Å². The fourth-order valence-corrected chi connectivity index (χ4v) is 1.29. The van der Waals surface area contributed by atoms with Crippen LogP contribution in [0.1, 0.15) is 6.42 Å². The Morgan fingerprint density at radius 1 is 1.55 bits per heavy atom. The zero-order valence-electron chi connectivity index (χ0n) is 5.87. The van der Waals surface area contributed by atoms with Gasteiger partial charge in [-0.3, -0.25) is 9.79 Å². The summed E-state index contributed by atoms with van der Waals surface area (Å²) in [6, 6.07) is 0. The molecule has 0 bridgehead atoms. The summed E-state index contributed by atoms with van der Waals surface area (Å²) in [5, 5.41) is 9.28. The highest BCUT2D eigenvalue weighted by molar-refractivity contribution is 6.31. The van der Waals surface area contributed by atoms with Gasteiger partial charge in [-0.15, -0.1) is 0 Å². The molecule has 3 heteroatoms. The van der Waals surface area contributed by atoms with Gasteiger partial charge in [-0.25, -0.2) is 0 Å². The first-order valence-electron chi connectivity index (χ1n) is 3.45. The van der Waals surface area contributed by atoms with Crippen LogP contribution in [-0.2, 0) is 4.79 Å². The number of hydrogen-bond donors (Lipinski definition) is 1. The standard InChI is InChI=1S/C8H7NO2/c10-6-3-1-2-5-8(6)7(11)4-9-5/h1-2,10H,3-4H2. The predicted octanol–water partition coefficient (Wildman–Crippen LogP) is 0.782. The van der Waals surface area contributed by atoms with Gasteiger partial charge in [-0.1, -0.05) is 6.08 Å². The number of fused-ring (bicyclic) bond motifs is 1. The Morgan fingerprint density at radius 3 is 3.09 bits per heavy atom. The van der Waals surface area contributed by atoms with Crippen LogP contribution in [0.15, 0.2) is 28.5 Å². The highest BCUT2D eigenvalue weighted by Crippen LogP contribution is 2.20. The van der Waals surface area contributed by atoms with E-state index in [1.807, 2.05) is 0 Å².